The van der Waals surface area contributed by atoms with E-state index in [0.29, 0.717) is 5.92 Å². The number of aromatic amines is 1. The minimum absolute atomic E-state index is 0.178. The molecule has 1 aliphatic rings. The molecule has 4 aromatic rings. The van der Waals surface area contributed by atoms with Gasteiger partial charge in [0.05, 0.1) is 35.2 Å². The highest BCUT2D eigenvalue weighted by atomic mass is 15.5. The number of aromatic nitrogens is 5. The molecule has 0 spiro atoms. The standard InChI is InChI=1S/C22H23N6/c1-14-4-6-17-18(12-14)26-22(25-17)21-16(3)8-11-27(21)20-13-15(2)5-7-19(20)28-23-9-10-24-28/h4-6,9-10,12-13,16,21H,8,11H2,1-3H3,(H,25,26)/t16-,21-/m0/s1. The van der Waals surface area contributed by atoms with Gasteiger partial charge in [-0.25, -0.2) is 4.98 Å². The van der Waals surface area contributed by atoms with Gasteiger partial charge in [-0.05, 0) is 61.6 Å². The topological polar surface area (TPSA) is 62.6 Å². The van der Waals surface area contributed by atoms with Crippen LogP contribution in [0, 0.1) is 25.8 Å². The van der Waals surface area contributed by atoms with Crippen molar-refractivity contribution in [1.82, 2.24) is 25.0 Å². The molecule has 1 saturated heterocycles. The van der Waals surface area contributed by atoms with Gasteiger partial charge in [0.15, 0.2) is 0 Å². The SMILES string of the molecule is Cc1c[c]c(-n2nccn2)c(N2CC[C@H](C)[C@H]2c2nc3cc(C)ccc3[nH]2)c1. The first-order valence-electron chi connectivity index (χ1n) is 9.72. The first-order chi connectivity index (χ1) is 13.6. The molecule has 5 rings (SSSR count). The Morgan fingerprint density at radius 2 is 1.93 bits per heavy atom. The van der Waals surface area contributed by atoms with Crippen LogP contribution in [0.4, 0.5) is 5.69 Å². The highest BCUT2D eigenvalue weighted by Crippen LogP contribution is 2.41. The van der Waals surface area contributed by atoms with E-state index in [9.17, 15) is 0 Å². The molecule has 6 nitrogen and oxygen atoms in total. The zero-order valence-electron chi connectivity index (χ0n) is 16.3. The number of H-pyrrole nitrogens is 1. The second kappa shape index (κ2) is 6.48. The molecule has 0 saturated carbocycles. The first-order valence-corrected chi connectivity index (χ1v) is 9.72. The Hall–Kier alpha value is -3.15. The molecule has 0 bridgehead atoms. The van der Waals surface area contributed by atoms with Crippen molar-refractivity contribution >= 4 is 16.7 Å². The highest BCUT2D eigenvalue weighted by molar-refractivity contribution is 5.76. The van der Waals surface area contributed by atoms with Gasteiger partial charge in [0.2, 0.25) is 0 Å². The molecule has 3 heterocycles. The van der Waals surface area contributed by atoms with Crippen LogP contribution < -0.4 is 4.90 Å². The van der Waals surface area contributed by atoms with Crippen molar-refractivity contribution in [3.8, 4) is 5.69 Å². The third-order valence-electron chi connectivity index (χ3n) is 5.61. The summed E-state index contributed by atoms with van der Waals surface area (Å²) in [6.45, 7) is 7.46. The molecule has 2 aromatic carbocycles. The third-order valence-corrected chi connectivity index (χ3v) is 5.61. The molecular weight excluding hydrogens is 348 g/mol. The van der Waals surface area contributed by atoms with Crippen LogP contribution in [0.25, 0.3) is 16.7 Å². The minimum Gasteiger partial charge on any atom is -0.359 e. The van der Waals surface area contributed by atoms with Crippen LogP contribution >= 0.6 is 0 Å². The number of aryl methyl sites for hydroxylation is 2. The van der Waals surface area contributed by atoms with Crippen LogP contribution in [0.15, 0.2) is 42.7 Å². The summed E-state index contributed by atoms with van der Waals surface area (Å²) in [7, 11) is 0. The van der Waals surface area contributed by atoms with E-state index in [4.69, 9.17) is 4.98 Å². The predicted octanol–water partition coefficient (Wildman–Crippen LogP) is 4.15. The van der Waals surface area contributed by atoms with Crippen molar-refractivity contribution in [2.24, 2.45) is 5.92 Å². The molecule has 1 N–H and O–H groups in total. The second-order valence-corrected chi connectivity index (χ2v) is 7.78. The molecule has 2 aromatic heterocycles. The maximum absolute atomic E-state index is 4.95. The molecule has 2 atom stereocenters. The van der Waals surface area contributed by atoms with Gasteiger partial charge in [-0.15, -0.1) is 4.80 Å². The van der Waals surface area contributed by atoms with E-state index in [-0.39, 0.29) is 6.04 Å². The van der Waals surface area contributed by atoms with Gasteiger partial charge in [0.25, 0.3) is 0 Å². The van der Waals surface area contributed by atoms with Gasteiger partial charge >= 0.3 is 0 Å². The summed E-state index contributed by atoms with van der Waals surface area (Å²) in [6.07, 6.45) is 4.51. The van der Waals surface area contributed by atoms with Gasteiger partial charge in [-0.1, -0.05) is 13.0 Å². The number of imidazole rings is 1. The van der Waals surface area contributed by atoms with Crippen molar-refractivity contribution in [2.75, 3.05) is 11.4 Å². The average Bonchev–Trinajstić information content (AvgIpc) is 3.40. The van der Waals surface area contributed by atoms with Crippen molar-refractivity contribution < 1.29 is 0 Å². The minimum atomic E-state index is 0.178. The van der Waals surface area contributed by atoms with E-state index < -0.39 is 0 Å². The van der Waals surface area contributed by atoms with Gasteiger partial charge in [-0.3, -0.25) is 0 Å². The number of hydrogen-bond donors (Lipinski definition) is 1. The van der Waals surface area contributed by atoms with Gasteiger partial charge < -0.3 is 9.88 Å². The first kappa shape index (κ1) is 17.0. The van der Waals surface area contributed by atoms with E-state index in [2.05, 4.69) is 71.2 Å². The normalized spacial score (nSPS) is 19.6. The Balaban J connectivity index is 1.62. The molecule has 6 heteroatoms. The molecule has 28 heavy (non-hydrogen) atoms. The second-order valence-electron chi connectivity index (χ2n) is 7.78. The average molecular weight is 371 g/mol. The fraction of sp³-hybridized carbons (Fsp3) is 0.318. The number of nitrogens with zero attached hydrogens (tertiary/aromatic N) is 5. The maximum Gasteiger partial charge on any atom is 0.130 e. The molecule has 0 amide bonds. The number of anilines is 1. The van der Waals surface area contributed by atoms with Crippen molar-refractivity contribution in [1.29, 1.82) is 0 Å². The van der Waals surface area contributed by atoms with Gasteiger partial charge in [-0.2, -0.15) is 10.2 Å². The number of benzene rings is 2. The van der Waals surface area contributed by atoms with Crippen molar-refractivity contribution in [2.45, 2.75) is 33.2 Å². The van der Waals surface area contributed by atoms with Gasteiger partial charge in [0, 0.05) is 12.6 Å². The zero-order chi connectivity index (χ0) is 19.3. The van der Waals surface area contributed by atoms with Gasteiger partial charge in [0.1, 0.15) is 11.5 Å². The van der Waals surface area contributed by atoms with Crippen molar-refractivity contribution in [3.05, 3.63) is 65.7 Å². The number of rotatable bonds is 3. The van der Waals surface area contributed by atoms with Crippen LogP contribution in [0.5, 0.6) is 0 Å². The summed E-state index contributed by atoms with van der Waals surface area (Å²) < 4.78 is 0. The Bertz CT molecular complexity index is 1130. The summed E-state index contributed by atoms with van der Waals surface area (Å²) >= 11 is 0. The van der Waals surface area contributed by atoms with E-state index in [1.54, 1.807) is 17.2 Å². The summed E-state index contributed by atoms with van der Waals surface area (Å²) in [5, 5.41) is 8.67. The lowest BCUT2D eigenvalue weighted by atomic mass is 10.0. The Labute approximate surface area is 164 Å². The highest BCUT2D eigenvalue weighted by Gasteiger charge is 2.36. The fourth-order valence-electron chi connectivity index (χ4n) is 4.20. The quantitative estimate of drug-likeness (QED) is 0.588. The fourth-order valence-corrected chi connectivity index (χ4v) is 4.20. The molecule has 141 valence electrons. The molecule has 1 radical (unpaired) electrons. The number of fused-ring (bicyclic) bond motifs is 1. The monoisotopic (exact) mass is 371 g/mol. The number of nitrogens with one attached hydrogen (secondary N) is 1. The summed E-state index contributed by atoms with van der Waals surface area (Å²) in [5.41, 5.74) is 6.48. The van der Waals surface area contributed by atoms with E-state index in [1.807, 2.05) is 6.07 Å². The lowest BCUT2D eigenvalue weighted by Crippen LogP contribution is -2.27. The molecule has 0 unspecified atom stereocenters. The zero-order valence-corrected chi connectivity index (χ0v) is 16.3. The van der Waals surface area contributed by atoms with Crippen LogP contribution in [-0.2, 0) is 0 Å². The predicted molar refractivity (Wildman–Crippen MR) is 110 cm³/mol. The Morgan fingerprint density at radius 1 is 1.11 bits per heavy atom. The maximum atomic E-state index is 4.95. The summed E-state index contributed by atoms with van der Waals surface area (Å²) in [6, 6.07) is 14.1. The van der Waals surface area contributed by atoms with Crippen LogP contribution in [-0.4, -0.2) is 31.5 Å². The van der Waals surface area contributed by atoms with Crippen LogP contribution in [0.3, 0.4) is 0 Å². The van der Waals surface area contributed by atoms with E-state index >= 15 is 0 Å². The van der Waals surface area contributed by atoms with Crippen molar-refractivity contribution in [3.63, 3.8) is 0 Å². The number of hydrogen-bond acceptors (Lipinski definition) is 4. The van der Waals surface area contributed by atoms with Crippen LogP contribution in [0.2, 0.25) is 0 Å². The largest absolute Gasteiger partial charge is 0.359 e. The molecular formula is C22H23N6. The third kappa shape index (κ3) is 2.76. The molecule has 1 fully saturated rings. The Morgan fingerprint density at radius 3 is 2.75 bits per heavy atom. The van der Waals surface area contributed by atoms with E-state index in [1.165, 1.54) is 11.1 Å². The smallest absolute Gasteiger partial charge is 0.130 e. The Kier molecular flexibility index (Phi) is 3.93. The van der Waals surface area contributed by atoms with E-state index in [0.717, 1.165) is 41.2 Å². The summed E-state index contributed by atoms with van der Waals surface area (Å²) in [5.74, 6) is 1.51. The van der Waals surface area contributed by atoms with Crippen LogP contribution in [0.1, 0.15) is 36.3 Å². The summed E-state index contributed by atoms with van der Waals surface area (Å²) in [4.78, 5) is 12.6. The lowest BCUT2D eigenvalue weighted by Gasteiger charge is -2.29. The molecule has 1 aliphatic heterocycles. The molecule has 0 aliphatic carbocycles. The lowest BCUT2D eigenvalue weighted by molar-refractivity contribution is 0.513.